The number of carboxylic acid groups (broad SMARTS) is 1. The standard InChI is InChI=1S/C28H38N4O6S2/c1-28(2,40)24(27(37)38)31-25(35)20(29)14-17-7-5-6-8-19(17)23(34)21(15-39)30-26(36)22(32(3)4)13-16-9-11-18(33)12-10-16/h5-12,20-22,24,33,39-40H,13-15,29H2,1-4H3,(H,30,36)(H,31,35)(H,37,38)/t20-,21+,22-,24-/m0/s1. The number of likely N-dealkylation sites (N-methyl/N-ethyl adjacent to an activating group) is 1. The SMILES string of the molecule is CN(C)[C@@H](Cc1ccc(O)cc1)C(=O)N[C@H](CS)C(=O)c1ccccc1C[C@H](N)C(=O)N[C@@H](C(=O)O)C(C)(C)S. The predicted molar refractivity (Wildman–Crippen MR) is 160 cm³/mol. The number of rotatable bonds is 14. The lowest BCUT2D eigenvalue weighted by Crippen LogP contribution is -2.55. The molecule has 0 unspecified atom stereocenters. The van der Waals surface area contributed by atoms with Crippen LogP contribution >= 0.6 is 25.3 Å². The molecule has 0 aromatic heterocycles. The Morgan fingerprint density at radius 1 is 0.975 bits per heavy atom. The van der Waals surface area contributed by atoms with Crippen LogP contribution in [0.25, 0.3) is 0 Å². The lowest BCUT2D eigenvalue weighted by molar-refractivity contribution is -0.142. The number of Topliss-reactive ketones (excluding diaryl/α,β-unsaturated/α-hetero) is 1. The Morgan fingerprint density at radius 2 is 1.57 bits per heavy atom. The summed E-state index contributed by atoms with van der Waals surface area (Å²) in [6.07, 6.45) is 0.315. The van der Waals surface area contributed by atoms with Crippen LogP contribution in [0.4, 0.5) is 0 Å². The minimum Gasteiger partial charge on any atom is -0.508 e. The number of hydrogen-bond acceptors (Lipinski definition) is 9. The first-order valence-corrected chi connectivity index (χ1v) is 13.7. The molecule has 2 rings (SSSR count). The molecular formula is C28H38N4O6S2. The van der Waals surface area contributed by atoms with Gasteiger partial charge in [-0.3, -0.25) is 19.3 Å². The fourth-order valence-electron chi connectivity index (χ4n) is 4.07. The maximum absolute atomic E-state index is 13.5. The van der Waals surface area contributed by atoms with Gasteiger partial charge in [-0.1, -0.05) is 36.4 Å². The summed E-state index contributed by atoms with van der Waals surface area (Å²) in [4.78, 5) is 52.8. The van der Waals surface area contributed by atoms with Gasteiger partial charge in [0.25, 0.3) is 0 Å². The molecule has 0 aliphatic rings. The first-order valence-electron chi connectivity index (χ1n) is 12.6. The topological polar surface area (TPSA) is 162 Å². The Bertz CT molecular complexity index is 1200. The Labute approximate surface area is 245 Å². The molecule has 4 atom stereocenters. The monoisotopic (exact) mass is 590 g/mol. The van der Waals surface area contributed by atoms with Crippen LogP contribution in [0.2, 0.25) is 0 Å². The average Bonchev–Trinajstić information content (AvgIpc) is 2.88. The molecule has 2 amide bonds. The van der Waals surface area contributed by atoms with Crippen molar-refractivity contribution in [1.29, 1.82) is 0 Å². The second-order valence-electron chi connectivity index (χ2n) is 10.4. The summed E-state index contributed by atoms with van der Waals surface area (Å²) in [6.45, 7) is 3.12. The number of nitrogens with two attached hydrogens (primary N) is 1. The van der Waals surface area contributed by atoms with Crippen molar-refractivity contribution in [1.82, 2.24) is 15.5 Å². The summed E-state index contributed by atoms with van der Waals surface area (Å²) < 4.78 is -1.04. The van der Waals surface area contributed by atoms with Crippen molar-refractivity contribution < 1.29 is 29.4 Å². The lowest BCUT2D eigenvalue weighted by Gasteiger charge is -2.28. The predicted octanol–water partition coefficient (Wildman–Crippen LogP) is 1.31. The third-order valence-electron chi connectivity index (χ3n) is 6.41. The van der Waals surface area contributed by atoms with Crippen LogP contribution in [0.3, 0.4) is 0 Å². The molecular weight excluding hydrogens is 552 g/mol. The zero-order valence-corrected chi connectivity index (χ0v) is 24.8. The molecule has 0 saturated heterocycles. The molecule has 10 nitrogen and oxygen atoms in total. The number of amides is 2. The van der Waals surface area contributed by atoms with Gasteiger partial charge in [0.1, 0.15) is 17.8 Å². The van der Waals surface area contributed by atoms with Crippen molar-refractivity contribution in [3.8, 4) is 5.75 Å². The van der Waals surface area contributed by atoms with Gasteiger partial charge in [-0.25, -0.2) is 4.79 Å². The highest BCUT2D eigenvalue weighted by Crippen LogP contribution is 2.19. The highest BCUT2D eigenvalue weighted by Gasteiger charge is 2.35. The zero-order valence-electron chi connectivity index (χ0n) is 23.0. The number of carboxylic acids is 1. The number of benzene rings is 2. The van der Waals surface area contributed by atoms with E-state index in [1.54, 1.807) is 81.4 Å². The zero-order chi connectivity index (χ0) is 30.2. The normalized spacial score (nSPS) is 14.6. The van der Waals surface area contributed by atoms with Crippen LogP contribution < -0.4 is 16.4 Å². The number of carbonyl (C=O) groups excluding carboxylic acids is 3. The van der Waals surface area contributed by atoms with Crippen LogP contribution in [0.15, 0.2) is 48.5 Å². The minimum absolute atomic E-state index is 0.0299. The number of thiol groups is 2. The smallest absolute Gasteiger partial charge is 0.327 e. The molecule has 0 aliphatic carbocycles. The number of carbonyl (C=O) groups is 4. The lowest BCUT2D eigenvalue weighted by atomic mass is 9.94. The van der Waals surface area contributed by atoms with Crippen LogP contribution in [0.1, 0.15) is 35.3 Å². The summed E-state index contributed by atoms with van der Waals surface area (Å²) >= 11 is 8.56. The van der Waals surface area contributed by atoms with Crippen molar-refractivity contribution in [2.75, 3.05) is 19.8 Å². The maximum Gasteiger partial charge on any atom is 0.327 e. The van der Waals surface area contributed by atoms with E-state index < -0.39 is 46.6 Å². The van der Waals surface area contributed by atoms with E-state index in [1.807, 2.05) is 0 Å². The molecule has 0 radical (unpaired) electrons. The van der Waals surface area contributed by atoms with Gasteiger partial charge in [-0.2, -0.15) is 25.3 Å². The molecule has 2 aromatic carbocycles. The summed E-state index contributed by atoms with van der Waals surface area (Å²) in [5.41, 5.74) is 7.69. The molecule has 0 spiro atoms. The van der Waals surface area contributed by atoms with E-state index >= 15 is 0 Å². The van der Waals surface area contributed by atoms with Crippen molar-refractivity contribution in [2.24, 2.45) is 5.73 Å². The highest BCUT2D eigenvalue weighted by atomic mass is 32.1. The summed E-state index contributed by atoms with van der Waals surface area (Å²) in [5.74, 6) is -2.55. The third kappa shape index (κ3) is 9.26. The maximum atomic E-state index is 13.5. The molecule has 0 bridgehead atoms. The van der Waals surface area contributed by atoms with Crippen molar-refractivity contribution in [3.05, 3.63) is 65.2 Å². The van der Waals surface area contributed by atoms with Crippen LogP contribution in [-0.4, -0.2) is 87.4 Å². The van der Waals surface area contributed by atoms with Gasteiger partial charge >= 0.3 is 5.97 Å². The van der Waals surface area contributed by atoms with Gasteiger partial charge in [0.15, 0.2) is 5.78 Å². The van der Waals surface area contributed by atoms with Gasteiger partial charge in [0.05, 0.1) is 12.1 Å². The second-order valence-corrected chi connectivity index (χ2v) is 11.9. The molecule has 218 valence electrons. The average molecular weight is 591 g/mol. The van der Waals surface area contributed by atoms with Crippen molar-refractivity contribution >= 4 is 48.8 Å². The van der Waals surface area contributed by atoms with Gasteiger partial charge in [-0.05, 0) is 64.0 Å². The van der Waals surface area contributed by atoms with E-state index in [9.17, 15) is 29.4 Å². The van der Waals surface area contributed by atoms with E-state index in [-0.39, 0.29) is 29.4 Å². The number of aromatic hydroxyl groups is 1. The molecule has 0 heterocycles. The van der Waals surface area contributed by atoms with Crippen LogP contribution in [0, 0.1) is 0 Å². The van der Waals surface area contributed by atoms with E-state index in [4.69, 9.17) is 5.73 Å². The number of nitrogens with zero attached hydrogens (tertiary/aromatic N) is 1. The summed E-state index contributed by atoms with van der Waals surface area (Å²) in [5, 5.41) is 24.2. The Morgan fingerprint density at radius 3 is 2.10 bits per heavy atom. The number of ketones is 1. The largest absolute Gasteiger partial charge is 0.508 e. The van der Waals surface area contributed by atoms with Crippen molar-refractivity contribution in [3.63, 3.8) is 0 Å². The molecule has 2 aromatic rings. The van der Waals surface area contributed by atoms with Crippen LogP contribution in [0.5, 0.6) is 5.75 Å². The van der Waals surface area contributed by atoms with Crippen LogP contribution in [-0.2, 0) is 27.2 Å². The van der Waals surface area contributed by atoms with E-state index in [1.165, 1.54) is 0 Å². The first-order chi connectivity index (χ1) is 18.6. The number of hydrogen-bond donors (Lipinski definition) is 7. The Hall–Kier alpha value is -3.06. The highest BCUT2D eigenvalue weighted by molar-refractivity contribution is 7.81. The first kappa shape index (κ1) is 33.1. The molecule has 0 saturated carbocycles. The van der Waals surface area contributed by atoms with E-state index in [0.29, 0.717) is 12.0 Å². The minimum atomic E-state index is -1.28. The third-order valence-corrected chi connectivity index (χ3v) is 7.03. The van der Waals surface area contributed by atoms with E-state index in [0.717, 1.165) is 5.56 Å². The summed E-state index contributed by atoms with van der Waals surface area (Å²) in [7, 11) is 3.52. The molecule has 6 N–H and O–H groups in total. The van der Waals surface area contributed by atoms with Crippen molar-refractivity contribution in [2.45, 2.75) is 55.6 Å². The van der Waals surface area contributed by atoms with Gasteiger partial charge in [0, 0.05) is 16.1 Å². The quantitative estimate of drug-likeness (QED) is 0.128. The second kappa shape index (κ2) is 14.5. The number of phenolic OH excluding ortho intramolecular Hbond substituents is 1. The van der Waals surface area contributed by atoms with Gasteiger partial charge in [0.2, 0.25) is 11.8 Å². The molecule has 0 fully saturated rings. The number of nitrogens with one attached hydrogen (secondary N) is 2. The number of phenols is 1. The number of aliphatic carboxylic acids is 1. The molecule has 40 heavy (non-hydrogen) atoms. The fourth-order valence-corrected chi connectivity index (χ4v) is 4.51. The summed E-state index contributed by atoms with van der Waals surface area (Å²) in [6, 6.07) is 9.18. The molecule has 12 heteroatoms. The Balaban J connectivity index is 2.19. The Kier molecular flexibility index (Phi) is 12.0. The van der Waals surface area contributed by atoms with E-state index in [2.05, 4.69) is 35.9 Å². The fraction of sp³-hybridized carbons (Fsp3) is 0.429. The van der Waals surface area contributed by atoms with Gasteiger partial charge in [-0.15, -0.1) is 0 Å². The van der Waals surface area contributed by atoms with Gasteiger partial charge < -0.3 is 26.6 Å². The molecule has 0 aliphatic heterocycles.